The third-order valence-electron chi connectivity index (χ3n) is 3.98. The lowest BCUT2D eigenvalue weighted by atomic mass is 9.97. The summed E-state index contributed by atoms with van der Waals surface area (Å²) in [6.07, 6.45) is 4.29. The van der Waals surface area contributed by atoms with E-state index in [-0.39, 0.29) is 6.04 Å². The van der Waals surface area contributed by atoms with Crippen molar-refractivity contribution in [2.24, 2.45) is 12.8 Å². The second kappa shape index (κ2) is 4.49. The SMILES string of the molecule is CC(C)c1nn(C)cc1-c1ccc2c(c1)CCC2N. The van der Waals surface area contributed by atoms with E-state index in [4.69, 9.17) is 5.73 Å². The zero-order valence-electron chi connectivity index (χ0n) is 11.9. The van der Waals surface area contributed by atoms with Crippen LogP contribution in [0.2, 0.25) is 0 Å². The van der Waals surface area contributed by atoms with Crippen molar-refractivity contribution in [1.29, 1.82) is 0 Å². The predicted molar refractivity (Wildman–Crippen MR) is 78.0 cm³/mol. The minimum Gasteiger partial charge on any atom is -0.324 e. The number of benzene rings is 1. The van der Waals surface area contributed by atoms with Crippen molar-refractivity contribution in [2.75, 3.05) is 0 Å². The first kappa shape index (κ1) is 12.4. The van der Waals surface area contributed by atoms with Crippen LogP contribution in [0.25, 0.3) is 11.1 Å². The molecule has 1 aliphatic carbocycles. The van der Waals surface area contributed by atoms with Gasteiger partial charge >= 0.3 is 0 Å². The molecule has 100 valence electrons. The molecule has 0 aliphatic heterocycles. The van der Waals surface area contributed by atoms with Gasteiger partial charge in [0.05, 0.1) is 5.69 Å². The second-order valence-corrected chi connectivity index (χ2v) is 5.82. The molecule has 0 saturated heterocycles. The van der Waals surface area contributed by atoms with Gasteiger partial charge in [0, 0.05) is 24.8 Å². The molecule has 3 heteroatoms. The van der Waals surface area contributed by atoms with Gasteiger partial charge in [-0.05, 0) is 35.4 Å². The standard InChI is InChI=1S/C16H21N3/c1-10(2)16-14(9-19(3)18-16)12-4-6-13-11(8-12)5-7-15(13)17/h4,6,8-10,15H,5,7,17H2,1-3H3. The van der Waals surface area contributed by atoms with Gasteiger partial charge in [-0.1, -0.05) is 32.0 Å². The fourth-order valence-electron chi connectivity index (χ4n) is 2.97. The molecule has 3 rings (SSSR count). The molecule has 1 heterocycles. The summed E-state index contributed by atoms with van der Waals surface area (Å²) >= 11 is 0. The lowest BCUT2D eigenvalue weighted by molar-refractivity contribution is 0.713. The molecular weight excluding hydrogens is 234 g/mol. The van der Waals surface area contributed by atoms with Crippen molar-refractivity contribution in [3.05, 3.63) is 41.2 Å². The maximum absolute atomic E-state index is 6.10. The van der Waals surface area contributed by atoms with Crippen LogP contribution in [0.3, 0.4) is 0 Å². The molecule has 0 amide bonds. The molecule has 2 N–H and O–H groups in total. The van der Waals surface area contributed by atoms with Crippen molar-refractivity contribution in [3.63, 3.8) is 0 Å². The van der Waals surface area contributed by atoms with Gasteiger partial charge in [0.1, 0.15) is 0 Å². The number of rotatable bonds is 2. The quantitative estimate of drug-likeness (QED) is 0.895. The zero-order valence-corrected chi connectivity index (χ0v) is 11.9. The average Bonchev–Trinajstić information content (AvgIpc) is 2.93. The van der Waals surface area contributed by atoms with Gasteiger partial charge < -0.3 is 5.73 Å². The molecular formula is C16H21N3. The van der Waals surface area contributed by atoms with Gasteiger partial charge in [0.15, 0.2) is 0 Å². The van der Waals surface area contributed by atoms with Crippen LogP contribution in [-0.4, -0.2) is 9.78 Å². The van der Waals surface area contributed by atoms with Gasteiger partial charge in [-0.15, -0.1) is 0 Å². The van der Waals surface area contributed by atoms with Crippen LogP contribution in [0.4, 0.5) is 0 Å². The summed E-state index contributed by atoms with van der Waals surface area (Å²) in [7, 11) is 1.98. The fraction of sp³-hybridized carbons (Fsp3) is 0.438. The van der Waals surface area contributed by atoms with E-state index in [1.807, 2.05) is 11.7 Å². The molecule has 0 bridgehead atoms. The summed E-state index contributed by atoms with van der Waals surface area (Å²) in [5.74, 6) is 0.437. The van der Waals surface area contributed by atoms with Crippen LogP contribution in [0.15, 0.2) is 24.4 Å². The molecule has 1 aliphatic rings. The summed E-state index contributed by atoms with van der Waals surface area (Å²) in [6, 6.07) is 6.90. The topological polar surface area (TPSA) is 43.8 Å². The highest BCUT2D eigenvalue weighted by Gasteiger charge is 2.20. The van der Waals surface area contributed by atoms with Gasteiger partial charge in [0.2, 0.25) is 0 Å². The normalized spacial score (nSPS) is 18.1. The molecule has 1 aromatic carbocycles. The summed E-state index contributed by atoms with van der Waals surface area (Å²) in [6.45, 7) is 4.38. The predicted octanol–water partition coefficient (Wildman–Crippen LogP) is 3.16. The van der Waals surface area contributed by atoms with Gasteiger partial charge in [-0.2, -0.15) is 5.10 Å². The molecule has 0 saturated carbocycles. The second-order valence-electron chi connectivity index (χ2n) is 5.82. The lowest BCUT2D eigenvalue weighted by Gasteiger charge is -2.09. The Labute approximate surface area is 114 Å². The minimum absolute atomic E-state index is 0.225. The first-order chi connectivity index (χ1) is 9.06. The molecule has 0 fully saturated rings. The smallest absolute Gasteiger partial charge is 0.0728 e. The molecule has 1 unspecified atom stereocenters. The average molecular weight is 255 g/mol. The molecule has 2 aromatic rings. The van der Waals surface area contributed by atoms with Gasteiger partial charge in [-0.25, -0.2) is 0 Å². The van der Waals surface area contributed by atoms with Crippen molar-refractivity contribution in [3.8, 4) is 11.1 Å². The molecule has 0 radical (unpaired) electrons. The fourth-order valence-corrected chi connectivity index (χ4v) is 2.97. The van der Waals surface area contributed by atoms with E-state index in [2.05, 4.69) is 43.3 Å². The van der Waals surface area contributed by atoms with Crippen molar-refractivity contribution >= 4 is 0 Å². The Morgan fingerprint density at radius 3 is 2.89 bits per heavy atom. The number of aromatic nitrogens is 2. The van der Waals surface area contributed by atoms with E-state index < -0.39 is 0 Å². The van der Waals surface area contributed by atoms with E-state index in [1.54, 1.807) is 0 Å². The van der Waals surface area contributed by atoms with Crippen molar-refractivity contribution in [2.45, 2.75) is 38.6 Å². The lowest BCUT2D eigenvalue weighted by Crippen LogP contribution is -2.04. The van der Waals surface area contributed by atoms with E-state index in [0.29, 0.717) is 5.92 Å². The molecule has 1 aromatic heterocycles. The van der Waals surface area contributed by atoms with Crippen LogP contribution < -0.4 is 5.73 Å². The van der Waals surface area contributed by atoms with Crippen LogP contribution >= 0.6 is 0 Å². The number of nitrogens with two attached hydrogens (primary N) is 1. The largest absolute Gasteiger partial charge is 0.324 e. The number of fused-ring (bicyclic) bond motifs is 1. The molecule has 3 nitrogen and oxygen atoms in total. The Hall–Kier alpha value is -1.61. The molecule has 1 atom stereocenters. The maximum atomic E-state index is 6.10. The number of hydrogen-bond acceptors (Lipinski definition) is 2. The van der Waals surface area contributed by atoms with E-state index in [9.17, 15) is 0 Å². The maximum Gasteiger partial charge on any atom is 0.0728 e. The van der Waals surface area contributed by atoms with Gasteiger partial charge in [0.25, 0.3) is 0 Å². The third-order valence-corrected chi connectivity index (χ3v) is 3.98. The number of hydrogen-bond donors (Lipinski definition) is 1. The summed E-state index contributed by atoms with van der Waals surface area (Å²) in [4.78, 5) is 0. The van der Waals surface area contributed by atoms with Crippen LogP contribution in [0, 0.1) is 0 Å². The Morgan fingerprint density at radius 2 is 2.16 bits per heavy atom. The van der Waals surface area contributed by atoms with Crippen molar-refractivity contribution < 1.29 is 0 Å². The van der Waals surface area contributed by atoms with Crippen LogP contribution in [0.1, 0.15) is 49.0 Å². The van der Waals surface area contributed by atoms with E-state index in [1.165, 1.54) is 27.9 Å². The monoisotopic (exact) mass is 255 g/mol. The first-order valence-electron chi connectivity index (χ1n) is 6.98. The summed E-state index contributed by atoms with van der Waals surface area (Å²) < 4.78 is 1.91. The van der Waals surface area contributed by atoms with E-state index >= 15 is 0 Å². The summed E-state index contributed by atoms with van der Waals surface area (Å²) in [5.41, 5.74) is 12.5. The van der Waals surface area contributed by atoms with Gasteiger partial charge in [-0.3, -0.25) is 4.68 Å². The Morgan fingerprint density at radius 1 is 1.37 bits per heavy atom. The molecule has 0 spiro atoms. The summed E-state index contributed by atoms with van der Waals surface area (Å²) in [5, 5.41) is 4.59. The molecule has 19 heavy (non-hydrogen) atoms. The Balaban J connectivity index is 2.08. The van der Waals surface area contributed by atoms with Crippen LogP contribution in [-0.2, 0) is 13.5 Å². The van der Waals surface area contributed by atoms with E-state index in [0.717, 1.165) is 12.8 Å². The number of aryl methyl sites for hydroxylation is 2. The highest BCUT2D eigenvalue weighted by atomic mass is 15.3. The highest BCUT2D eigenvalue weighted by molar-refractivity contribution is 5.67. The van der Waals surface area contributed by atoms with Crippen LogP contribution in [0.5, 0.6) is 0 Å². The minimum atomic E-state index is 0.225. The number of nitrogens with zero attached hydrogens (tertiary/aromatic N) is 2. The Bertz CT molecular complexity index is 610. The first-order valence-corrected chi connectivity index (χ1v) is 6.98. The highest BCUT2D eigenvalue weighted by Crippen LogP contribution is 2.34. The Kier molecular flexibility index (Phi) is 2.94. The van der Waals surface area contributed by atoms with Crippen molar-refractivity contribution in [1.82, 2.24) is 9.78 Å². The zero-order chi connectivity index (χ0) is 13.6. The third kappa shape index (κ3) is 2.08.